The molecule has 0 aromatic carbocycles. The van der Waals surface area contributed by atoms with Gasteiger partial charge in [0.2, 0.25) is 5.01 Å². The Kier molecular flexibility index (Phi) is 4.30. The lowest BCUT2D eigenvalue weighted by molar-refractivity contribution is 0.0696. The summed E-state index contributed by atoms with van der Waals surface area (Å²) in [6, 6.07) is 0. The molecule has 0 saturated heterocycles. The van der Waals surface area contributed by atoms with Crippen LogP contribution in [0.4, 0.5) is 10.9 Å². The minimum Gasteiger partial charge on any atom is -0.476 e. The van der Waals surface area contributed by atoms with Crippen LogP contribution in [0.1, 0.15) is 27.3 Å². The summed E-state index contributed by atoms with van der Waals surface area (Å²) >= 11 is 2.63. The van der Waals surface area contributed by atoms with Crippen molar-refractivity contribution in [1.82, 2.24) is 19.9 Å². The maximum absolute atomic E-state index is 11.2. The quantitative estimate of drug-likeness (QED) is 0.729. The molecule has 23 heavy (non-hydrogen) atoms. The number of thiazole rings is 2. The van der Waals surface area contributed by atoms with E-state index in [1.54, 1.807) is 18.6 Å². The number of hydrogen-bond donors (Lipinski definition) is 2. The third-order valence-corrected chi connectivity index (χ3v) is 5.28. The Morgan fingerprint density at radius 2 is 2.13 bits per heavy atom. The van der Waals surface area contributed by atoms with Crippen molar-refractivity contribution in [1.29, 1.82) is 0 Å². The third kappa shape index (κ3) is 3.20. The van der Waals surface area contributed by atoms with Crippen LogP contribution in [0.25, 0.3) is 10.6 Å². The molecule has 3 aromatic rings. The van der Waals surface area contributed by atoms with Crippen molar-refractivity contribution in [2.75, 3.05) is 5.32 Å². The average molecular weight is 347 g/mol. The molecule has 3 aromatic heterocycles. The van der Waals surface area contributed by atoms with Gasteiger partial charge in [0, 0.05) is 17.3 Å². The Morgan fingerprint density at radius 3 is 2.78 bits per heavy atom. The molecular formula is C14H13N5O2S2. The van der Waals surface area contributed by atoms with E-state index in [-0.39, 0.29) is 5.01 Å². The molecule has 2 N–H and O–H groups in total. The van der Waals surface area contributed by atoms with E-state index in [0.717, 1.165) is 21.9 Å². The topological polar surface area (TPSA) is 101 Å². The number of rotatable bonds is 5. The molecular weight excluding hydrogens is 334 g/mol. The maximum Gasteiger partial charge on any atom is 0.365 e. The molecule has 0 radical (unpaired) electrons. The van der Waals surface area contributed by atoms with Gasteiger partial charge in [-0.2, -0.15) is 0 Å². The second-order valence-corrected chi connectivity index (χ2v) is 6.68. The summed E-state index contributed by atoms with van der Waals surface area (Å²) in [5.41, 5.74) is 1.51. The standard InChI is InChI=1S/C14H13N5O2S2/c1-3-8-10(19-12(22-8)13(20)21)11-7(2)17-14(23-11)18-9-6-15-4-5-16-9/h4-6H,3H2,1-2H3,(H,20,21)(H,16,17,18). The van der Waals surface area contributed by atoms with Gasteiger partial charge in [0.15, 0.2) is 10.9 Å². The monoisotopic (exact) mass is 347 g/mol. The number of carboxylic acids is 1. The SMILES string of the molecule is CCc1sc(C(=O)O)nc1-c1sc(Nc2cnccn2)nc1C. The van der Waals surface area contributed by atoms with E-state index in [1.165, 1.54) is 22.7 Å². The second kappa shape index (κ2) is 6.39. The van der Waals surface area contributed by atoms with Crippen LogP contribution in [0.3, 0.4) is 0 Å². The number of aromatic nitrogens is 4. The number of hydrogen-bond acceptors (Lipinski definition) is 8. The van der Waals surface area contributed by atoms with Gasteiger partial charge in [0.25, 0.3) is 0 Å². The highest BCUT2D eigenvalue weighted by Crippen LogP contribution is 2.37. The lowest BCUT2D eigenvalue weighted by atomic mass is 10.2. The van der Waals surface area contributed by atoms with E-state index < -0.39 is 5.97 Å². The maximum atomic E-state index is 11.2. The molecule has 0 amide bonds. The summed E-state index contributed by atoms with van der Waals surface area (Å²) in [5, 5.41) is 13.0. The third-order valence-electron chi connectivity index (χ3n) is 3.01. The van der Waals surface area contributed by atoms with Gasteiger partial charge in [-0.3, -0.25) is 4.98 Å². The zero-order valence-electron chi connectivity index (χ0n) is 12.4. The minimum atomic E-state index is -1.00. The highest BCUT2D eigenvalue weighted by molar-refractivity contribution is 7.20. The number of nitrogens with zero attached hydrogens (tertiary/aromatic N) is 4. The predicted octanol–water partition coefficient (Wildman–Crippen LogP) is 3.37. The molecule has 0 bridgehead atoms. The van der Waals surface area contributed by atoms with Crippen LogP contribution in [0.5, 0.6) is 0 Å². The van der Waals surface area contributed by atoms with Crippen molar-refractivity contribution in [2.24, 2.45) is 0 Å². The van der Waals surface area contributed by atoms with E-state index in [2.05, 4.69) is 25.3 Å². The summed E-state index contributed by atoms with van der Waals surface area (Å²) in [6.45, 7) is 3.87. The predicted molar refractivity (Wildman–Crippen MR) is 89.6 cm³/mol. The van der Waals surface area contributed by atoms with Crippen LogP contribution in [-0.2, 0) is 6.42 Å². The summed E-state index contributed by atoms with van der Waals surface area (Å²) in [6.07, 6.45) is 5.53. The van der Waals surface area contributed by atoms with Crippen LogP contribution in [-0.4, -0.2) is 31.0 Å². The summed E-state index contributed by atoms with van der Waals surface area (Å²) in [5.74, 6) is -0.399. The Morgan fingerprint density at radius 1 is 1.30 bits per heavy atom. The fourth-order valence-electron chi connectivity index (χ4n) is 2.00. The number of aryl methyl sites for hydroxylation is 2. The van der Waals surface area contributed by atoms with Gasteiger partial charge in [0.1, 0.15) is 0 Å². The van der Waals surface area contributed by atoms with Gasteiger partial charge in [0.05, 0.1) is 22.5 Å². The van der Waals surface area contributed by atoms with E-state index in [0.29, 0.717) is 16.6 Å². The Bertz CT molecular complexity index is 844. The van der Waals surface area contributed by atoms with Crippen molar-refractivity contribution in [3.05, 3.63) is 34.2 Å². The molecule has 118 valence electrons. The van der Waals surface area contributed by atoms with Crippen molar-refractivity contribution < 1.29 is 9.90 Å². The first-order chi connectivity index (χ1) is 11.1. The van der Waals surface area contributed by atoms with E-state index in [9.17, 15) is 4.79 Å². The number of nitrogens with one attached hydrogen (secondary N) is 1. The molecule has 7 nitrogen and oxygen atoms in total. The van der Waals surface area contributed by atoms with Crippen molar-refractivity contribution in [3.8, 4) is 10.6 Å². The fourth-order valence-corrected chi connectivity index (χ4v) is 3.90. The zero-order chi connectivity index (χ0) is 16.4. The highest BCUT2D eigenvalue weighted by Gasteiger charge is 2.20. The van der Waals surface area contributed by atoms with Crippen molar-refractivity contribution >= 4 is 39.6 Å². The van der Waals surface area contributed by atoms with E-state index in [4.69, 9.17) is 5.11 Å². The Labute approximate surface area is 140 Å². The van der Waals surface area contributed by atoms with Crippen LogP contribution in [0.2, 0.25) is 0 Å². The lowest BCUT2D eigenvalue weighted by Gasteiger charge is -1.98. The molecule has 3 rings (SSSR count). The molecule has 0 aliphatic rings. The second-order valence-electron chi connectivity index (χ2n) is 4.60. The van der Waals surface area contributed by atoms with Crippen LogP contribution in [0, 0.1) is 6.92 Å². The fraction of sp³-hybridized carbons (Fsp3) is 0.214. The minimum absolute atomic E-state index is 0.105. The molecule has 0 saturated carbocycles. The summed E-state index contributed by atoms with van der Waals surface area (Å²) in [4.78, 5) is 29.8. The number of carboxylic acid groups (broad SMARTS) is 1. The molecule has 0 fully saturated rings. The van der Waals surface area contributed by atoms with Gasteiger partial charge in [-0.15, -0.1) is 11.3 Å². The van der Waals surface area contributed by atoms with Gasteiger partial charge in [-0.25, -0.2) is 19.7 Å². The molecule has 0 atom stereocenters. The van der Waals surface area contributed by atoms with Crippen LogP contribution < -0.4 is 5.32 Å². The van der Waals surface area contributed by atoms with Crippen molar-refractivity contribution in [2.45, 2.75) is 20.3 Å². The molecule has 9 heteroatoms. The van der Waals surface area contributed by atoms with Crippen LogP contribution >= 0.6 is 22.7 Å². The normalized spacial score (nSPS) is 10.7. The highest BCUT2D eigenvalue weighted by atomic mass is 32.1. The number of carbonyl (C=O) groups is 1. The van der Waals surface area contributed by atoms with Gasteiger partial charge in [-0.05, 0) is 13.3 Å². The Balaban J connectivity index is 1.96. The Hall–Kier alpha value is -2.39. The zero-order valence-corrected chi connectivity index (χ0v) is 14.0. The van der Waals surface area contributed by atoms with E-state index in [1.807, 2.05) is 13.8 Å². The summed E-state index contributed by atoms with van der Waals surface area (Å²) in [7, 11) is 0. The molecule has 0 aliphatic heterocycles. The molecule has 3 heterocycles. The first-order valence-corrected chi connectivity index (χ1v) is 8.45. The number of aromatic carboxylic acids is 1. The number of anilines is 2. The summed E-state index contributed by atoms with van der Waals surface area (Å²) < 4.78 is 0. The largest absolute Gasteiger partial charge is 0.476 e. The van der Waals surface area contributed by atoms with Gasteiger partial charge < -0.3 is 10.4 Å². The van der Waals surface area contributed by atoms with E-state index >= 15 is 0 Å². The molecule has 0 unspecified atom stereocenters. The van der Waals surface area contributed by atoms with Gasteiger partial charge >= 0.3 is 5.97 Å². The lowest BCUT2D eigenvalue weighted by Crippen LogP contribution is -1.94. The average Bonchev–Trinajstić information content (AvgIpc) is 3.11. The first-order valence-electron chi connectivity index (χ1n) is 6.82. The van der Waals surface area contributed by atoms with Crippen molar-refractivity contribution in [3.63, 3.8) is 0 Å². The van der Waals surface area contributed by atoms with Crippen LogP contribution in [0.15, 0.2) is 18.6 Å². The van der Waals surface area contributed by atoms with Gasteiger partial charge in [-0.1, -0.05) is 18.3 Å². The molecule has 0 spiro atoms. The first kappa shape index (κ1) is 15.5. The molecule has 0 aliphatic carbocycles. The smallest absolute Gasteiger partial charge is 0.365 e.